The van der Waals surface area contributed by atoms with Crippen LogP contribution in [0.1, 0.15) is 42.3 Å². The van der Waals surface area contributed by atoms with Crippen molar-refractivity contribution in [2.45, 2.75) is 31.3 Å². The van der Waals surface area contributed by atoms with Gasteiger partial charge in [-0.3, -0.25) is 4.79 Å². The standard InChI is InChI=1S/C19H23NO4S/c1-4-12-25(22,23)18-11-6-5-10-17(18)19(21)20-16-9-7-8-15(13-16)14(2)24-3/h5-11,13-14H,4,12H2,1-3H3,(H,20,21)/t14-/m0/s1. The summed E-state index contributed by atoms with van der Waals surface area (Å²) in [4.78, 5) is 12.7. The molecular weight excluding hydrogens is 338 g/mol. The zero-order chi connectivity index (χ0) is 18.4. The Labute approximate surface area is 148 Å². The van der Waals surface area contributed by atoms with Crippen LogP contribution >= 0.6 is 0 Å². The first kappa shape index (κ1) is 19.1. The fourth-order valence-electron chi connectivity index (χ4n) is 2.51. The van der Waals surface area contributed by atoms with Crippen LogP contribution in [-0.4, -0.2) is 27.2 Å². The number of hydrogen-bond acceptors (Lipinski definition) is 4. The number of sulfone groups is 1. The Kier molecular flexibility index (Phi) is 6.33. The van der Waals surface area contributed by atoms with E-state index in [0.29, 0.717) is 12.1 Å². The lowest BCUT2D eigenvalue weighted by atomic mass is 10.1. The molecule has 1 N–H and O–H groups in total. The van der Waals surface area contributed by atoms with Crippen LogP contribution in [0.25, 0.3) is 0 Å². The maximum Gasteiger partial charge on any atom is 0.256 e. The van der Waals surface area contributed by atoms with Crippen molar-refractivity contribution < 1.29 is 17.9 Å². The Hall–Kier alpha value is -2.18. The molecule has 5 nitrogen and oxygen atoms in total. The highest BCUT2D eigenvalue weighted by Crippen LogP contribution is 2.22. The average Bonchev–Trinajstić information content (AvgIpc) is 2.61. The van der Waals surface area contributed by atoms with Gasteiger partial charge in [-0.15, -0.1) is 0 Å². The summed E-state index contributed by atoms with van der Waals surface area (Å²) in [5.41, 5.74) is 1.67. The van der Waals surface area contributed by atoms with Gasteiger partial charge in [0.2, 0.25) is 0 Å². The molecule has 0 aliphatic rings. The summed E-state index contributed by atoms with van der Waals surface area (Å²) in [6.07, 6.45) is 0.393. The SMILES string of the molecule is CCCS(=O)(=O)c1ccccc1C(=O)Nc1cccc([C@H](C)OC)c1. The van der Waals surface area contributed by atoms with E-state index in [0.717, 1.165) is 5.56 Å². The van der Waals surface area contributed by atoms with Crippen molar-refractivity contribution in [3.63, 3.8) is 0 Å². The highest BCUT2D eigenvalue weighted by Gasteiger charge is 2.21. The van der Waals surface area contributed by atoms with Gasteiger partial charge in [-0.2, -0.15) is 0 Å². The number of methoxy groups -OCH3 is 1. The predicted molar refractivity (Wildman–Crippen MR) is 98.6 cm³/mol. The second-order valence-corrected chi connectivity index (χ2v) is 7.85. The lowest BCUT2D eigenvalue weighted by Gasteiger charge is -2.13. The summed E-state index contributed by atoms with van der Waals surface area (Å²) in [5.74, 6) is -0.435. The number of ether oxygens (including phenoxy) is 1. The Morgan fingerprint density at radius 2 is 1.88 bits per heavy atom. The molecule has 134 valence electrons. The summed E-state index contributed by atoms with van der Waals surface area (Å²) in [6, 6.07) is 13.6. The molecule has 0 saturated carbocycles. The molecule has 0 bridgehead atoms. The van der Waals surface area contributed by atoms with Crippen LogP contribution in [0, 0.1) is 0 Å². The van der Waals surface area contributed by atoms with E-state index >= 15 is 0 Å². The Bertz CT molecular complexity index is 846. The molecule has 2 aromatic rings. The second kappa shape index (κ2) is 8.27. The molecule has 6 heteroatoms. The predicted octanol–water partition coefficient (Wildman–Crippen LogP) is 3.83. The van der Waals surface area contributed by atoms with Crippen molar-refractivity contribution in [2.24, 2.45) is 0 Å². The van der Waals surface area contributed by atoms with E-state index in [2.05, 4.69) is 5.32 Å². The molecule has 25 heavy (non-hydrogen) atoms. The first-order valence-electron chi connectivity index (χ1n) is 8.15. The fourth-order valence-corrected chi connectivity index (χ4v) is 4.05. The van der Waals surface area contributed by atoms with E-state index in [1.54, 1.807) is 32.2 Å². The van der Waals surface area contributed by atoms with E-state index < -0.39 is 15.7 Å². The molecule has 0 spiro atoms. The minimum Gasteiger partial charge on any atom is -0.377 e. The van der Waals surface area contributed by atoms with Gasteiger partial charge in [0.1, 0.15) is 0 Å². The third-order valence-corrected chi connectivity index (χ3v) is 5.88. The maximum atomic E-state index is 12.6. The smallest absolute Gasteiger partial charge is 0.256 e. The molecule has 0 aliphatic heterocycles. The number of rotatable bonds is 7. The zero-order valence-electron chi connectivity index (χ0n) is 14.7. The number of hydrogen-bond donors (Lipinski definition) is 1. The molecule has 0 aromatic heterocycles. The first-order chi connectivity index (χ1) is 11.9. The van der Waals surface area contributed by atoms with Crippen molar-refractivity contribution in [3.8, 4) is 0 Å². The Balaban J connectivity index is 2.31. The van der Waals surface area contributed by atoms with Crippen LogP contribution in [0.4, 0.5) is 5.69 Å². The van der Waals surface area contributed by atoms with Gasteiger partial charge in [0.05, 0.1) is 22.3 Å². The lowest BCUT2D eigenvalue weighted by Crippen LogP contribution is -2.18. The maximum absolute atomic E-state index is 12.6. The molecule has 0 fully saturated rings. The number of carbonyl (C=O) groups excluding carboxylic acids is 1. The topological polar surface area (TPSA) is 72.5 Å². The first-order valence-corrected chi connectivity index (χ1v) is 9.80. The van der Waals surface area contributed by atoms with Crippen LogP contribution in [0.3, 0.4) is 0 Å². The van der Waals surface area contributed by atoms with Crippen molar-refractivity contribution in [1.82, 2.24) is 0 Å². The summed E-state index contributed by atoms with van der Waals surface area (Å²) in [5, 5.41) is 2.77. The molecule has 2 aromatic carbocycles. The summed E-state index contributed by atoms with van der Waals surface area (Å²) >= 11 is 0. The largest absolute Gasteiger partial charge is 0.377 e. The molecule has 0 aliphatic carbocycles. The van der Waals surface area contributed by atoms with Crippen LogP contribution in [0.5, 0.6) is 0 Å². The highest BCUT2D eigenvalue weighted by atomic mass is 32.2. The van der Waals surface area contributed by atoms with Gasteiger partial charge in [0.25, 0.3) is 5.91 Å². The van der Waals surface area contributed by atoms with Crippen LogP contribution in [0.15, 0.2) is 53.4 Å². The number of amides is 1. The molecule has 0 saturated heterocycles. The van der Waals surface area contributed by atoms with Crippen LogP contribution in [0.2, 0.25) is 0 Å². The molecule has 2 rings (SSSR count). The summed E-state index contributed by atoms with van der Waals surface area (Å²) < 4.78 is 30.1. The number of benzene rings is 2. The molecule has 1 amide bonds. The van der Waals surface area contributed by atoms with Crippen LogP contribution in [-0.2, 0) is 14.6 Å². The van der Waals surface area contributed by atoms with E-state index in [9.17, 15) is 13.2 Å². The van der Waals surface area contributed by atoms with Crippen molar-refractivity contribution in [2.75, 3.05) is 18.2 Å². The monoisotopic (exact) mass is 361 g/mol. The average molecular weight is 361 g/mol. The fraction of sp³-hybridized carbons (Fsp3) is 0.316. The van der Waals surface area contributed by atoms with Gasteiger partial charge in [-0.05, 0) is 43.2 Å². The third kappa shape index (κ3) is 4.67. The highest BCUT2D eigenvalue weighted by molar-refractivity contribution is 7.91. The van der Waals surface area contributed by atoms with Crippen molar-refractivity contribution in [1.29, 1.82) is 0 Å². The van der Waals surface area contributed by atoms with E-state index in [1.165, 1.54) is 12.1 Å². The molecule has 1 atom stereocenters. The van der Waals surface area contributed by atoms with E-state index in [4.69, 9.17) is 4.74 Å². The molecular formula is C19H23NO4S. The van der Waals surface area contributed by atoms with Gasteiger partial charge in [0, 0.05) is 12.8 Å². The van der Waals surface area contributed by atoms with Crippen molar-refractivity contribution in [3.05, 3.63) is 59.7 Å². The molecule has 0 unspecified atom stereocenters. The Morgan fingerprint density at radius 1 is 1.16 bits per heavy atom. The van der Waals surface area contributed by atoms with E-state index in [1.807, 2.05) is 25.1 Å². The van der Waals surface area contributed by atoms with Crippen molar-refractivity contribution >= 4 is 21.4 Å². The summed E-state index contributed by atoms with van der Waals surface area (Å²) in [6.45, 7) is 3.70. The minimum absolute atomic E-state index is 0.0120. The summed E-state index contributed by atoms with van der Waals surface area (Å²) in [7, 11) is -1.87. The minimum atomic E-state index is -3.48. The Morgan fingerprint density at radius 3 is 2.56 bits per heavy atom. The van der Waals surface area contributed by atoms with Gasteiger partial charge < -0.3 is 10.1 Å². The van der Waals surface area contributed by atoms with E-state index in [-0.39, 0.29) is 22.3 Å². The second-order valence-electron chi connectivity index (χ2n) is 5.77. The van der Waals surface area contributed by atoms with Gasteiger partial charge in [-0.1, -0.05) is 31.2 Å². The molecule has 0 heterocycles. The van der Waals surface area contributed by atoms with Gasteiger partial charge in [0.15, 0.2) is 9.84 Å². The third-order valence-electron chi connectivity index (χ3n) is 3.91. The van der Waals surface area contributed by atoms with Gasteiger partial charge >= 0.3 is 0 Å². The van der Waals surface area contributed by atoms with Gasteiger partial charge in [-0.25, -0.2) is 8.42 Å². The molecule has 0 radical (unpaired) electrons. The van der Waals surface area contributed by atoms with Crippen LogP contribution < -0.4 is 5.32 Å². The number of carbonyl (C=O) groups is 1. The zero-order valence-corrected chi connectivity index (χ0v) is 15.5. The number of anilines is 1. The lowest BCUT2D eigenvalue weighted by molar-refractivity contribution is 0.102. The normalized spacial score (nSPS) is 12.6. The number of nitrogens with one attached hydrogen (secondary N) is 1. The quantitative estimate of drug-likeness (QED) is 0.813.